The summed E-state index contributed by atoms with van der Waals surface area (Å²) in [6.45, 7) is 1.09. The lowest BCUT2D eigenvalue weighted by atomic mass is 9.75. The summed E-state index contributed by atoms with van der Waals surface area (Å²) in [5.41, 5.74) is -2.23. The van der Waals surface area contributed by atoms with E-state index in [4.69, 9.17) is 21.1 Å². The number of esters is 1. The molecule has 0 aromatic heterocycles. The monoisotopic (exact) mass is 514 g/mol. The zero-order valence-corrected chi connectivity index (χ0v) is 20.3. The summed E-state index contributed by atoms with van der Waals surface area (Å²) in [6, 6.07) is 18.6. The second-order valence-corrected chi connectivity index (χ2v) is 9.35. The van der Waals surface area contributed by atoms with E-state index in [1.165, 1.54) is 6.07 Å². The number of hydrogen-bond donors (Lipinski definition) is 1. The molecule has 3 aromatic carbocycles. The van der Waals surface area contributed by atoms with Gasteiger partial charge in [0.1, 0.15) is 17.3 Å². The summed E-state index contributed by atoms with van der Waals surface area (Å²) in [6.07, 6.45) is -0.783. The summed E-state index contributed by atoms with van der Waals surface area (Å²) in [7, 11) is 0. The maximum absolute atomic E-state index is 17.0. The molecule has 36 heavy (non-hydrogen) atoms. The molecule has 0 radical (unpaired) electrons. The zero-order chi connectivity index (χ0) is 25.9. The van der Waals surface area contributed by atoms with Gasteiger partial charge in [-0.2, -0.15) is 0 Å². The van der Waals surface area contributed by atoms with Gasteiger partial charge in [0.05, 0.1) is 0 Å². The van der Waals surface area contributed by atoms with Gasteiger partial charge in [0.25, 0.3) is 5.67 Å². The maximum Gasteiger partial charge on any atom is 0.346 e. The van der Waals surface area contributed by atoms with Crippen LogP contribution in [-0.4, -0.2) is 28.8 Å². The van der Waals surface area contributed by atoms with E-state index in [2.05, 4.69) is 0 Å². The molecule has 0 amide bonds. The first-order valence-corrected chi connectivity index (χ1v) is 11.9. The van der Waals surface area contributed by atoms with Crippen LogP contribution in [0, 0.1) is 11.7 Å². The van der Waals surface area contributed by atoms with Gasteiger partial charge in [0, 0.05) is 30.4 Å². The Morgan fingerprint density at radius 2 is 1.75 bits per heavy atom. The lowest BCUT2D eigenvalue weighted by molar-refractivity contribution is -0.174. The molecular weight excluding hydrogens is 490 g/mol. The van der Waals surface area contributed by atoms with Crippen molar-refractivity contribution in [2.45, 2.75) is 43.9 Å². The highest BCUT2D eigenvalue weighted by Crippen LogP contribution is 2.52. The highest BCUT2D eigenvalue weighted by molar-refractivity contribution is 6.30. The molecule has 4 rings (SSSR count). The Morgan fingerprint density at radius 3 is 2.33 bits per heavy atom. The fourth-order valence-electron chi connectivity index (χ4n) is 4.51. The van der Waals surface area contributed by atoms with Crippen LogP contribution in [0.5, 0.6) is 11.5 Å². The number of halogens is 3. The molecule has 0 aliphatic heterocycles. The lowest BCUT2D eigenvalue weighted by Crippen LogP contribution is -2.53. The fraction of sp³-hybridized carbons (Fsp3) is 0.286. The third kappa shape index (κ3) is 5.68. The predicted molar refractivity (Wildman–Crippen MR) is 131 cm³/mol. The van der Waals surface area contributed by atoms with Gasteiger partial charge in [0.2, 0.25) is 0 Å². The zero-order valence-electron chi connectivity index (χ0n) is 19.5. The minimum atomic E-state index is -2.97. The molecule has 0 saturated heterocycles. The second kappa shape index (κ2) is 10.7. The Kier molecular flexibility index (Phi) is 7.59. The molecule has 5 nitrogen and oxygen atoms in total. The molecule has 0 heterocycles. The molecule has 0 bridgehead atoms. The van der Waals surface area contributed by atoms with E-state index in [9.17, 15) is 19.1 Å². The van der Waals surface area contributed by atoms with Crippen LogP contribution in [0.2, 0.25) is 5.02 Å². The number of aliphatic carboxylic acids is 1. The average Bonchev–Trinajstić information content (AvgIpc) is 3.67. The first kappa shape index (κ1) is 25.6. The van der Waals surface area contributed by atoms with Crippen molar-refractivity contribution < 1.29 is 33.0 Å². The van der Waals surface area contributed by atoms with Crippen molar-refractivity contribution in [1.29, 1.82) is 0 Å². The standard InChI is InChI=1S/C28H25ClF2O5/c1-17(32)35-25(15-20-11-14-22(30)16-24(20)36-23-5-3-2-4-6-23)28(31,27(33)34)26(18-7-8-18)19-9-12-21(29)13-10-19/h2-6,9-14,16,18,25-26H,7-8,15H2,1H3,(H,33,34)/t25-,26?,28-/m0/s1. The van der Waals surface area contributed by atoms with Gasteiger partial charge in [0.15, 0.2) is 6.10 Å². The second-order valence-electron chi connectivity index (χ2n) is 8.91. The van der Waals surface area contributed by atoms with E-state index in [1.807, 2.05) is 0 Å². The summed E-state index contributed by atoms with van der Waals surface area (Å²) in [5.74, 6) is -4.02. The summed E-state index contributed by atoms with van der Waals surface area (Å²) in [5, 5.41) is 10.7. The SMILES string of the molecule is CC(=O)O[C@@H](Cc1ccc(F)cc1Oc1ccccc1)[C@@](F)(C(=O)O)C(c1ccc(Cl)cc1)C1CC1. The molecule has 1 aliphatic rings. The number of rotatable bonds is 10. The van der Waals surface area contributed by atoms with Crippen molar-refractivity contribution in [2.75, 3.05) is 0 Å². The van der Waals surface area contributed by atoms with Gasteiger partial charge < -0.3 is 14.6 Å². The number of alkyl halides is 1. The van der Waals surface area contributed by atoms with Crippen molar-refractivity contribution >= 4 is 23.5 Å². The Morgan fingerprint density at radius 1 is 1.08 bits per heavy atom. The maximum atomic E-state index is 17.0. The van der Waals surface area contributed by atoms with Crippen molar-refractivity contribution in [2.24, 2.45) is 5.92 Å². The smallest absolute Gasteiger partial charge is 0.346 e. The largest absolute Gasteiger partial charge is 0.479 e. The Bertz CT molecular complexity index is 1230. The number of ether oxygens (including phenoxy) is 2. The van der Waals surface area contributed by atoms with Gasteiger partial charge in [-0.1, -0.05) is 48.0 Å². The molecule has 3 aromatic rings. The molecule has 8 heteroatoms. The fourth-order valence-corrected chi connectivity index (χ4v) is 4.64. The molecule has 0 spiro atoms. The van der Waals surface area contributed by atoms with Crippen LogP contribution in [0.15, 0.2) is 72.8 Å². The van der Waals surface area contributed by atoms with Crippen LogP contribution in [-0.2, 0) is 20.7 Å². The van der Waals surface area contributed by atoms with E-state index < -0.39 is 35.4 Å². The molecular formula is C28H25ClF2O5. The first-order chi connectivity index (χ1) is 17.2. The third-order valence-corrected chi connectivity index (χ3v) is 6.54. The van der Waals surface area contributed by atoms with Crippen LogP contribution < -0.4 is 4.74 Å². The van der Waals surface area contributed by atoms with Gasteiger partial charge in [-0.25, -0.2) is 13.6 Å². The van der Waals surface area contributed by atoms with Crippen LogP contribution >= 0.6 is 11.6 Å². The van der Waals surface area contributed by atoms with E-state index in [1.54, 1.807) is 54.6 Å². The van der Waals surface area contributed by atoms with Crippen molar-refractivity contribution in [3.8, 4) is 11.5 Å². The number of carboxylic acid groups (broad SMARTS) is 1. The third-order valence-electron chi connectivity index (χ3n) is 6.29. The van der Waals surface area contributed by atoms with E-state index in [-0.39, 0.29) is 18.1 Å². The predicted octanol–water partition coefficient (Wildman–Crippen LogP) is 6.73. The quantitative estimate of drug-likeness (QED) is 0.304. The van der Waals surface area contributed by atoms with Crippen molar-refractivity contribution in [3.05, 3.63) is 94.8 Å². The van der Waals surface area contributed by atoms with Crippen molar-refractivity contribution in [1.82, 2.24) is 0 Å². The number of carbonyl (C=O) groups is 2. The summed E-state index contributed by atoms with van der Waals surface area (Å²) >= 11 is 6.00. The molecule has 188 valence electrons. The summed E-state index contributed by atoms with van der Waals surface area (Å²) < 4.78 is 42.3. The Balaban J connectivity index is 1.76. The van der Waals surface area contributed by atoms with Crippen LogP contribution in [0.4, 0.5) is 8.78 Å². The number of para-hydroxylation sites is 1. The number of hydrogen-bond acceptors (Lipinski definition) is 4. The highest BCUT2D eigenvalue weighted by Gasteiger charge is 2.59. The van der Waals surface area contributed by atoms with E-state index >= 15 is 4.39 Å². The molecule has 1 unspecified atom stereocenters. The molecule has 1 fully saturated rings. The normalized spacial score (nSPS) is 16.4. The average molecular weight is 515 g/mol. The van der Waals surface area contributed by atoms with Crippen LogP contribution in [0.25, 0.3) is 0 Å². The minimum Gasteiger partial charge on any atom is -0.479 e. The Hall–Kier alpha value is -3.45. The number of benzene rings is 3. The highest BCUT2D eigenvalue weighted by atomic mass is 35.5. The first-order valence-electron chi connectivity index (χ1n) is 11.5. The summed E-state index contributed by atoms with van der Waals surface area (Å²) in [4.78, 5) is 24.6. The van der Waals surface area contributed by atoms with Crippen LogP contribution in [0.3, 0.4) is 0 Å². The van der Waals surface area contributed by atoms with Crippen LogP contribution in [0.1, 0.15) is 36.8 Å². The number of carbonyl (C=O) groups excluding carboxylic acids is 1. The molecule has 1 aliphatic carbocycles. The molecule has 1 saturated carbocycles. The van der Waals surface area contributed by atoms with Gasteiger partial charge >= 0.3 is 11.9 Å². The van der Waals surface area contributed by atoms with Gasteiger partial charge in [-0.05, 0) is 60.2 Å². The van der Waals surface area contributed by atoms with Crippen molar-refractivity contribution in [3.63, 3.8) is 0 Å². The van der Waals surface area contributed by atoms with E-state index in [0.29, 0.717) is 34.7 Å². The molecule has 1 N–H and O–H groups in total. The Labute approximate surface area is 212 Å². The lowest BCUT2D eigenvalue weighted by Gasteiger charge is -2.37. The van der Waals surface area contributed by atoms with Gasteiger partial charge in [-0.3, -0.25) is 4.79 Å². The van der Waals surface area contributed by atoms with E-state index in [0.717, 1.165) is 19.1 Å². The molecule has 3 atom stereocenters. The minimum absolute atomic E-state index is 0.0700. The topological polar surface area (TPSA) is 72.8 Å². The van der Waals surface area contributed by atoms with Gasteiger partial charge in [-0.15, -0.1) is 0 Å². The number of carboxylic acids is 1.